The molecule has 0 saturated carbocycles. The van der Waals surface area contributed by atoms with Gasteiger partial charge in [0, 0.05) is 0 Å². The van der Waals surface area contributed by atoms with Crippen molar-refractivity contribution in [2.24, 2.45) is 0 Å². The molecule has 3 rings (SSSR count). The van der Waals surface area contributed by atoms with Gasteiger partial charge in [-0.1, -0.05) is 18.2 Å². The van der Waals surface area contributed by atoms with Crippen LogP contribution in [0.5, 0.6) is 5.75 Å². The van der Waals surface area contributed by atoms with Crippen molar-refractivity contribution in [2.75, 3.05) is 46.1 Å². The molecule has 0 spiro atoms. The molecule has 1 atom stereocenters. The first kappa shape index (κ1) is 15.1. The molecular weight excluding hydrogens is 284 g/mol. The number of cyclic esters (lactones) is 1. The lowest BCUT2D eigenvalue weighted by Gasteiger charge is -2.26. The number of carbonyl (C=O) groups is 1. The Hall–Kier alpha value is -1.79. The molecule has 2 aliphatic rings. The first-order valence-corrected chi connectivity index (χ1v) is 7.77. The van der Waals surface area contributed by atoms with Crippen molar-refractivity contribution < 1.29 is 23.9 Å². The Morgan fingerprint density at radius 3 is 2.86 bits per heavy atom. The van der Waals surface area contributed by atoms with E-state index in [1.807, 2.05) is 31.2 Å². The average molecular weight is 307 g/mol. The van der Waals surface area contributed by atoms with E-state index in [1.165, 1.54) is 4.90 Å². The summed E-state index contributed by atoms with van der Waals surface area (Å²) in [4.78, 5) is 15.1. The van der Waals surface area contributed by atoms with E-state index in [-0.39, 0.29) is 12.2 Å². The molecule has 2 heterocycles. The summed E-state index contributed by atoms with van der Waals surface area (Å²) in [5.41, 5.74) is 1.08. The minimum atomic E-state index is -0.239. The highest BCUT2D eigenvalue weighted by molar-refractivity contribution is 5.69. The van der Waals surface area contributed by atoms with E-state index in [0.29, 0.717) is 19.8 Å². The molecule has 6 heteroatoms. The second-order valence-electron chi connectivity index (χ2n) is 5.83. The zero-order valence-corrected chi connectivity index (χ0v) is 12.9. The van der Waals surface area contributed by atoms with E-state index in [2.05, 4.69) is 0 Å². The molecule has 2 saturated heterocycles. The monoisotopic (exact) mass is 307 g/mol. The highest BCUT2D eigenvalue weighted by Gasteiger charge is 2.34. The SMILES string of the molecule is Cc1ccccc1OCC1CN(C[NH+]2CCOCC2)C(=O)O1. The number of quaternary nitrogens is 1. The van der Waals surface area contributed by atoms with Crippen LogP contribution in [0.4, 0.5) is 4.79 Å². The zero-order chi connectivity index (χ0) is 15.4. The standard InChI is InChI=1S/C16H22N2O4/c1-13-4-2-3-5-15(13)21-11-14-10-18(16(19)22-14)12-17-6-8-20-9-7-17/h2-5,14H,6-12H2,1H3/p+1. The van der Waals surface area contributed by atoms with Crippen LogP contribution in [0.2, 0.25) is 0 Å². The van der Waals surface area contributed by atoms with Crippen LogP contribution >= 0.6 is 0 Å². The van der Waals surface area contributed by atoms with Crippen LogP contribution in [0, 0.1) is 6.92 Å². The number of carbonyl (C=O) groups excluding carboxylic acids is 1. The summed E-state index contributed by atoms with van der Waals surface area (Å²) >= 11 is 0. The van der Waals surface area contributed by atoms with E-state index in [9.17, 15) is 4.79 Å². The molecule has 0 radical (unpaired) electrons. The van der Waals surface area contributed by atoms with Crippen LogP contribution < -0.4 is 9.64 Å². The van der Waals surface area contributed by atoms with Gasteiger partial charge in [-0.3, -0.25) is 4.90 Å². The molecule has 0 bridgehead atoms. The van der Waals surface area contributed by atoms with Crippen molar-refractivity contribution in [1.29, 1.82) is 0 Å². The van der Waals surface area contributed by atoms with E-state index >= 15 is 0 Å². The molecule has 1 N–H and O–H groups in total. The van der Waals surface area contributed by atoms with Gasteiger partial charge in [0.05, 0.1) is 19.8 Å². The molecule has 1 aromatic carbocycles. The van der Waals surface area contributed by atoms with Crippen LogP contribution in [0.1, 0.15) is 5.56 Å². The largest absolute Gasteiger partial charge is 0.489 e. The first-order valence-electron chi connectivity index (χ1n) is 7.77. The van der Waals surface area contributed by atoms with E-state index in [0.717, 1.165) is 37.6 Å². The predicted molar refractivity (Wildman–Crippen MR) is 80.0 cm³/mol. The number of morpholine rings is 1. The number of aryl methyl sites for hydroxylation is 1. The van der Waals surface area contributed by atoms with E-state index < -0.39 is 0 Å². The Kier molecular flexibility index (Phi) is 4.80. The maximum atomic E-state index is 11.9. The van der Waals surface area contributed by atoms with Crippen molar-refractivity contribution in [2.45, 2.75) is 13.0 Å². The van der Waals surface area contributed by atoms with Crippen molar-refractivity contribution in [3.63, 3.8) is 0 Å². The summed E-state index contributed by atoms with van der Waals surface area (Å²) in [6.07, 6.45) is -0.440. The lowest BCUT2D eigenvalue weighted by Crippen LogP contribution is -3.15. The van der Waals surface area contributed by atoms with Crippen molar-refractivity contribution in [1.82, 2.24) is 4.90 Å². The molecule has 1 aromatic rings. The number of hydrogen-bond acceptors (Lipinski definition) is 4. The summed E-state index contributed by atoms with van der Waals surface area (Å²) in [7, 11) is 0. The maximum absolute atomic E-state index is 11.9. The number of ether oxygens (including phenoxy) is 3. The van der Waals surface area contributed by atoms with Crippen LogP contribution in [0.25, 0.3) is 0 Å². The van der Waals surface area contributed by atoms with Crippen molar-refractivity contribution in [3.05, 3.63) is 29.8 Å². The molecular formula is C16H23N2O4+. The third-order valence-corrected chi connectivity index (χ3v) is 4.08. The van der Waals surface area contributed by atoms with Gasteiger partial charge >= 0.3 is 6.09 Å². The Balaban J connectivity index is 1.48. The first-order chi connectivity index (χ1) is 10.7. The van der Waals surface area contributed by atoms with Gasteiger partial charge in [0.25, 0.3) is 0 Å². The van der Waals surface area contributed by atoms with Gasteiger partial charge in [0.15, 0.2) is 12.8 Å². The third kappa shape index (κ3) is 3.69. The number of nitrogens with zero attached hydrogens (tertiary/aromatic N) is 1. The summed E-state index contributed by atoms with van der Waals surface area (Å²) in [5.74, 6) is 0.843. The molecule has 1 amide bonds. The lowest BCUT2D eigenvalue weighted by molar-refractivity contribution is -0.916. The molecule has 0 aliphatic carbocycles. The van der Waals surface area contributed by atoms with Gasteiger partial charge in [0.1, 0.15) is 25.4 Å². The van der Waals surface area contributed by atoms with Gasteiger partial charge in [-0.2, -0.15) is 0 Å². The topological polar surface area (TPSA) is 52.4 Å². The lowest BCUT2D eigenvalue weighted by atomic mass is 10.2. The van der Waals surface area contributed by atoms with Gasteiger partial charge in [-0.05, 0) is 18.6 Å². The third-order valence-electron chi connectivity index (χ3n) is 4.08. The van der Waals surface area contributed by atoms with E-state index in [1.54, 1.807) is 4.90 Å². The number of nitrogens with one attached hydrogen (secondary N) is 1. The number of rotatable bonds is 5. The second-order valence-corrected chi connectivity index (χ2v) is 5.83. The number of benzene rings is 1. The molecule has 2 fully saturated rings. The summed E-state index contributed by atoms with van der Waals surface area (Å²) in [5, 5.41) is 0. The van der Waals surface area contributed by atoms with Gasteiger partial charge < -0.3 is 19.1 Å². The number of amides is 1. The summed E-state index contributed by atoms with van der Waals surface area (Å²) in [6, 6.07) is 7.85. The van der Waals surface area contributed by atoms with E-state index in [4.69, 9.17) is 14.2 Å². The fourth-order valence-electron chi connectivity index (χ4n) is 2.78. The minimum absolute atomic E-state index is 0.201. The fourth-order valence-corrected chi connectivity index (χ4v) is 2.78. The van der Waals surface area contributed by atoms with Gasteiger partial charge in [-0.25, -0.2) is 4.79 Å². The Morgan fingerprint density at radius 1 is 1.32 bits per heavy atom. The molecule has 2 aliphatic heterocycles. The van der Waals surface area contributed by atoms with Crippen LogP contribution in [-0.2, 0) is 9.47 Å². The Bertz CT molecular complexity index is 517. The maximum Gasteiger partial charge on any atom is 0.414 e. The van der Waals surface area contributed by atoms with Gasteiger partial charge in [0.2, 0.25) is 0 Å². The number of para-hydroxylation sites is 1. The smallest absolute Gasteiger partial charge is 0.414 e. The Labute approximate surface area is 130 Å². The summed E-state index contributed by atoms with van der Waals surface area (Å²) in [6.45, 7) is 7.08. The fraction of sp³-hybridized carbons (Fsp3) is 0.562. The zero-order valence-electron chi connectivity index (χ0n) is 12.9. The molecule has 0 aromatic heterocycles. The highest BCUT2D eigenvalue weighted by atomic mass is 16.6. The molecule has 120 valence electrons. The van der Waals surface area contributed by atoms with Crippen LogP contribution in [0.3, 0.4) is 0 Å². The molecule has 22 heavy (non-hydrogen) atoms. The van der Waals surface area contributed by atoms with Crippen LogP contribution in [0.15, 0.2) is 24.3 Å². The Morgan fingerprint density at radius 2 is 2.09 bits per heavy atom. The van der Waals surface area contributed by atoms with Gasteiger partial charge in [-0.15, -0.1) is 0 Å². The molecule has 6 nitrogen and oxygen atoms in total. The number of hydrogen-bond donors (Lipinski definition) is 1. The molecule has 1 unspecified atom stereocenters. The normalized spacial score (nSPS) is 22.7. The summed E-state index contributed by atoms with van der Waals surface area (Å²) < 4.78 is 16.5. The van der Waals surface area contributed by atoms with Crippen molar-refractivity contribution in [3.8, 4) is 5.75 Å². The van der Waals surface area contributed by atoms with Crippen molar-refractivity contribution >= 4 is 6.09 Å². The minimum Gasteiger partial charge on any atom is -0.489 e. The van der Waals surface area contributed by atoms with Crippen LogP contribution in [-0.4, -0.2) is 63.2 Å². The quantitative estimate of drug-likeness (QED) is 0.836. The predicted octanol–water partition coefficient (Wildman–Crippen LogP) is 0.0672. The second kappa shape index (κ2) is 6.98. The highest BCUT2D eigenvalue weighted by Crippen LogP contribution is 2.18. The average Bonchev–Trinajstić information content (AvgIpc) is 2.88.